The van der Waals surface area contributed by atoms with Crippen molar-refractivity contribution >= 4 is 17.9 Å². The van der Waals surface area contributed by atoms with E-state index in [1.54, 1.807) is 21.1 Å². The topological polar surface area (TPSA) is 102 Å². The van der Waals surface area contributed by atoms with Gasteiger partial charge in [0.25, 0.3) is 0 Å². The lowest BCUT2D eigenvalue weighted by Crippen LogP contribution is -2.55. The first kappa shape index (κ1) is 50.0. The normalized spacial score (nSPS) is 13.6. The fourth-order valence-electron chi connectivity index (χ4n) is 5.66. The van der Waals surface area contributed by atoms with E-state index in [9.17, 15) is 19.5 Å². The lowest BCUT2D eigenvalue weighted by molar-refractivity contribution is -0.889. The number of hydrogen-bond donors (Lipinski definition) is 0. The maximum absolute atomic E-state index is 12.7. The molecule has 0 aromatic carbocycles. The van der Waals surface area contributed by atoms with Crippen LogP contribution in [0.3, 0.4) is 0 Å². The van der Waals surface area contributed by atoms with Crippen LogP contribution < -0.4 is 5.11 Å². The SMILES string of the molecule is CC/C=C/C/C=C/C/C=C/CCCCCCC(=O)OCC(COCCC(C(=O)[O-])[N+](C)(C)C)OC(=O)CCCCCCCC/C=C/C=C/CCCCC. The molecular weight excluding hydrogens is 666 g/mol. The van der Waals surface area contributed by atoms with Crippen LogP contribution in [-0.4, -0.2) is 75.5 Å². The highest BCUT2D eigenvalue weighted by molar-refractivity contribution is 5.70. The van der Waals surface area contributed by atoms with Crippen LogP contribution in [0.25, 0.3) is 0 Å². The predicted molar refractivity (Wildman–Crippen MR) is 217 cm³/mol. The molecule has 0 rings (SSSR count). The van der Waals surface area contributed by atoms with E-state index >= 15 is 0 Å². The number of unbranched alkanes of at least 4 members (excludes halogenated alkanes) is 13. The van der Waals surface area contributed by atoms with Gasteiger partial charge in [-0.2, -0.15) is 0 Å². The number of carboxylic acid groups (broad SMARTS) is 1. The molecule has 0 aromatic heterocycles. The Morgan fingerprint density at radius 1 is 0.604 bits per heavy atom. The monoisotopic (exact) mass is 744 g/mol. The molecular formula is C45H77NO7. The van der Waals surface area contributed by atoms with Crippen LogP contribution >= 0.6 is 0 Å². The number of rotatable bonds is 36. The highest BCUT2D eigenvalue weighted by atomic mass is 16.6. The number of aliphatic carboxylic acids is 1. The quantitative estimate of drug-likeness (QED) is 0.0207. The van der Waals surface area contributed by atoms with Gasteiger partial charge in [0.2, 0.25) is 0 Å². The Hall–Kier alpha value is -2.97. The molecule has 0 aromatic rings. The highest BCUT2D eigenvalue weighted by Gasteiger charge is 2.25. The molecule has 0 fully saturated rings. The van der Waals surface area contributed by atoms with Gasteiger partial charge in [-0.1, -0.05) is 126 Å². The molecule has 0 radical (unpaired) electrons. The first-order chi connectivity index (χ1) is 25.6. The van der Waals surface area contributed by atoms with E-state index in [1.165, 1.54) is 32.1 Å². The van der Waals surface area contributed by atoms with Gasteiger partial charge in [0, 0.05) is 19.3 Å². The summed E-state index contributed by atoms with van der Waals surface area (Å²) in [5, 5.41) is 11.6. The number of esters is 2. The van der Waals surface area contributed by atoms with Gasteiger partial charge < -0.3 is 28.6 Å². The second-order valence-electron chi connectivity index (χ2n) is 14.9. The Kier molecular flexibility index (Phi) is 34.0. The number of likely N-dealkylation sites (N-methyl/N-ethyl adjacent to an activating group) is 1. The minimum absolute atomic E-state index is 0.0260. The molecule has 2 atom stereocenters. The smallest absolute Gasteiger partial charge is 0.306 e. The molecule has 0 saturated carbocycles. The third-order valence-corrected chi connectivity index (χ3v) is 8.92. The molecule has 0 aliphatic heterocycles. The fraction of sp³-hybridized carbons (Fsp3) is 0.711. The maximum Gasteiger partial charge on any atom is 0.306 e. The Balaban J connectivity index is 4.45. The zero-order valence-electron chi connectivity index (χ0n) is 34.4. The first-order valence-electron chi connectivity index (χ1n) is 20.8. The standard InChI is InChI=1S/C45H77NO7/c1-6-8-10-12-14-16-18-20-22-24-26-28-30-32-34-36-44(48)53-41(39-51-38-37-42(45(49)50)46(3,4)5)40-52-43(47)35-33-31-29-27-25-23-21-19-17-15-13-11-9-7-2/h9,11,14-18,20-21,23,41-42H,6-8,10,12-13,19,22,24-40H2,1-5H3/b11-9+,16-14+,17-15+,20-18+,23-21+. The van der Waals surface area contributed by atoms with Crippen LogP contribution in [0.2, 0.25) is 0 Å². The maximum atomic E-state index is 12.7. The molecule has 0 N–H and O–H groups in total. The average molecular weight is 744 g/mol. The van der Waals surface area contributed by atoms with Crippen LogP contribution in [-0.2, 0) is 28.6 Å². The van der Waals surface area contributed by atoms with Crippen molar-refractivity contribution in [2.24, 2.45) is 0 Å². The van der Waals surface area contributed by atoms with Crippen molar-refractivity contribution in [2.75, 3.05) is 41.0 Å². The molecule has 0 bridgehead atoms. The molecule has 8 heteroatoms. The molecule has 0 aliphatic carbocycles. The molecule has 0 saturated heterocycles. The van der Waals surface area contributed by atoms with Gasteiger partial charge in [0.15, 0.2) is 6.10 Å². The number of quaternary nitrogens is 1. The van der Waals surface area contributed by atoms with Crippen molar-refractivity contribution in [3.05, 3.63) is 60.8 Å². The molecule has 0 amide bonds. The van der Waals surface area contributed by atoms with E-state index in [4.69, 9.17) is 14.2 Å². The lowest BCUT2D eigenvalue weighted by Gasteiger charge is -2.34. The minimum atomic E-state index is -1.13. The predicted octanol–water partition coefficient (Wildman–Crippen LogP) is 9.69. The summed E-state index contributed by atoms with van der Waals surface area (Å²) in [6, 6.07) is -0.733. The third kappa shape index (κ3) is 34.5. The number of ether oxygens (including phenoxy) is 3. The number of carbonyl (C=O) groups is 3. The lowest BCUT2D eigenvalue weighted by atomic mass is 10.1. The Morgan fingerprint density at radius 3 is 1.68 bits per heavy atom. The average Bonchev–Trinajstić information content (AvgIpc) is 3.11. The molecule has 53 heavy (non-hydrogen) atoms. The zero-order valence-corrected chi connectivity index (χ0v) is 34.4. The summed E-state index contributed by atoms with van der Waals surface area (Å²) >= 11 is 0. The van der Waals surface area contributed by atoms with Crippen molar-refractivity contribution in [3.63, 3.8) is 0 Å². The van der Waals surface area contributed by atoms with Crippen LogP contribution in [0.4, 0.5) is 0 Å². The number of allylic oxidation sites excluding steroid dienone is 10. The summed E-state index contributed by atoms with van der Waals surface area (Å²) in [5.41, 5.74) is 0. The largest absolute Gasteiger partial charge is 0.544 e. The van der Waals surface area contributed by atoms with Crippen LogP contribution in [0.1, 0.15) is 155 Å². The first-order valence-corrected chi connectivity index (χ1v) is 20.8. The van der Waals surface area contributed by atoms with Gasteiger partial charge in [-0.25, -0.2) is 0 Å². The minimum Gasteiger partial charge on any atom is -0.544 e. The molecule has 8 nitrogen and oxygen atoms in total. The molecule has 0 aliphatic rings. The van der Waals surface area contributed by atoms with E-state index in [1.807, 2.05) is 0 Å². The zero-order chi connectivity index (χ0) is 39.3. The van der Waals surface area contributed by atoms with Crippen LogP contribution in [0, 0.1) is 0 Å². The van der Waals surface area contributed by atoms with E-state index in [2.05, 4.69) is 74.6 Å². The summed E-state index contributed by atoms with van der Waals surface area (Å²) in [7, 11) is 5.38. The summed E-state index contributed by atoms with van der Waals surface area (Å²) in [6.45, 7) is 4.46. The fourth-order valence-corrected chi connectivity index (χ4v) is 5.66. The molecule has 0 heterocycles. The van der Waals surface area contributed by atoms with Gasteiger partial charge in [-0.15, -0.1) is 0 Å². The Bertz CT molecular complexity index is 1050. The summed E-state index contributed by atoms with van der Waals surface area (Å²) in [6.07, 6.45) is 42.4. The van der Waals surface area contributed by atoms with Crippen molar-refractivity contribution < 1.29 is 38.2 Å². The van der Waals surface area contributed by atoms with Crippen molar-refractivity contribution in [1.82, 2.24) is 0 Å². The number of nitrogens with zero attached hydrogens (tertiary/aromatic N) is 1. The highest BCUT2D eigenvalue weighted by Crippen LogP contribution is 2.12. The number of hydrogen-bond acceptors (Lipinski definition) is 7. The van der Waals surface area contributed by atoms with Crippen LogP contribution in [0.15, 0.2) is 60.8 Å². The summed E-state index contributed by atoms with van der Waals surface area (Å²) < 4.78 is 17.1. The van der Waals surface area contributed by atoms with Crippen molar-refractivity contribution in [1.29, 1.82) is 0 Å². The van der Waals surface area contributed by atoms with Gasteiger partial charge in [0.1, 0.15) is 12.6 Å². The van der Waals surface area contributed by atoms with Gasteiger partial charge >= 0.3 is 11.9 Å². The van der Waals surface area contributed by atoms with Crippen LogP contribution in [0.5, 0.6) is 0 Å². The summed E-state index contributed by atoms with van der Waals surface area (Å²) in [5.74, 6) is -1.79. The number of carboxylic acids is 1. The van der Waals surface area contributed by atoms with Crippen molar-refractivity contribution in [3.8, 4) is 0 Å². The van der Waals surface area contributed by atoms with E-state index in [0.29, 0.717) is 12.8 Å². The molecule has 0 spiro atoms. The van der Waals surface area contributed by atoms with Gasteiger partial charge in [0.05, 0.1) is 40.3 Å². The van der Waals surface area contributed by atoms with Gasteiger partial charge in [-0.3, -0.25) is 9.59 Å². The van der Waals surface area contributed by atoms with E-state index in [-0.39, 0.29) is 42.7 Å². The molecule has 304 valence electrons. The molecule has 2 unspecified atom stereocenters. The second-order valence-corrected chi connectivity index (χ2v) is 14.9. The second kappa shape index (κ2) is 36.0. The van der Waals surface area contributed by atoms with E-state index < -0.39 is 18.1 Å². The van der Waals surface area contributed by atoms with Gasteiger partial charge in [-0.05, 0) is 70.6 Å². The number of carbonyl (C=O) groups excluding carboxylic acids is 3. The summed E-state index contributed by atoms with van der Waals surface area (Å²) in [4.78, 5) is 36.8. The third-order valence-electron chi connectivity index (χ3n) is 8.92. The Morgan fingerprint density at radius 2 is 1.11 bits per heavy atom. The van der Waals surface area contributed by atoms with Crippen molar-refractivity contribution in [2.45, 2.75) is 167 Å². The Labute approximate surface area is 324 Å². The van der Waals surface area contributed by atoms with E-state index in [0.717, 1.165) is 89.9 Å².